The van der Waals surface area contributed by atoms with Crippen LogP contribution in [0.4, 0.5) is 0 Å². The molecule has 0 aliphatic carbocycles. The number of hydrogen-bond donors (Lipinski definition) is 1. The van der Waals surface area contributed by atoms with E-state index in [2.05, 4.69) is 6.58 Å². The third-order valence-electron chi connectivity index (χ3n) is 7.10. The SMILES string of the molecule is C=C(C)Oc1ccc(CCC(=O)CC(=O)CCc2ccccc2C(CC2CCSS2)CC(OC)C(=O)O)cc1OC. The van der Waals surface area contributed by atoms with Gasteiger partial charge in [0.05, 0.1) is 19.3 Å². The first kappa shape index (κ1) is 32.8. The number of rotatable bonds is 18. The van der Waals surface area contributed by atoms with Gasteiger partial charge in [0.15, 0.2) is 17.6 Å². The van der Waals surface area contributed by atoms with Gasteiger partial charge in [-0.25, -0.2) is 4.79 Å². The molecule has 0 saturated carbocycles. The molecule has 1 saturated heterocycles. The lowest BCUT2D eigenvalue weighted by molar-refractivity contribution is -0.149. The van der Waals surface area contributed by atoms with Gasteiger partial charge in [-0.3, -0.25) is 9.59 Å². The smallest absolute Gasteiger partial charge is 0.332 e. The van der Waals surface area contributed by atoms with Gasteiger partial charge in [-0.15, -0.1) is 0 Å². The van der Waals surface area contributed by atoms with E-state index < -0.39 is 12.1 Å². The Morgan fingerprint density at radius 2 is 1.78 bits per heavy atom. The van der Waals surface area contributed by atoms with Gasteiger partial charge in [0.1, 0.15) is 11.6 Å². The van der Waals surface area contributed by atoms with Gasteiger partial charge in [0, 0.05) is 31.0 Å². The monoisotopic (exact) mass is 600 g/mol. The lowest BCUT2D eigenvalue weighted by Crippen LogP contribution is -2.26. The third kappa shape index (κ3) is 10.5. The predicted octanol–water partition coefficient (Wildman–Crippen LogP) is 6.82. The zero-order valence-electron chi connectivity index (χ0n) is 24.1. The summed E-state index contributed by atoms with van der Waals surface area (Å²) in [4.78, 5) is 37.2. The van der Waals surface area contributed by atoms with E-state index in [1.807, 2.05) is 58.0 Å². The summed E-state index contributed by atoms with van der Waals surface area (Å²) in [5.74, 6) is 1.63. The Morgan fingerprint density at radius 1 is 1.05 bits per heavy atom. The van der Waals surface area contributed by atoms with E-state index in [0.717, 1.165) is 35.3 Å². The number of Topliss-reactive ketones (excluding diaryl/α,β-unsaturated/α-hetero) is 2. The highest BCUT2D eigenvalue weighted by Crippen LogP contribution is 2.44. The zero-order chi connectivity index (χ0) is 29.8. The van der Waals surface area contributed by atoms with E-state index in [-0.39, 0.29) is 36.7 Å². The van der Waals surface area contributed by atoms with Crippen LogP contribution in [0.3, 0.4) is 0 Å². The third-order valence-corrected chi connectivity index (χ3v) is 10.1. The van der Waals surface area contributed by atoms with Crippen molar-refractivity contribution in [1.29, 1.82) is 0 Å². The summed E-state index contributed by atoms with van der Waals surface area (Å²) in [5.41, 5.74) is 3.02. The molecule has 1 heterocycles. The molecule has 1 N–H and O–H groups in total. The fourth-order valence-corrected chi connectivity index (χ4v) is 8.03. The molecule has 222 valence electrons. The zero-order valence-corrected chi connectivity index (χ0v) is 25.7. The number of allylic oxidation sites excluding steroid dienone is 1. The van der Waals surface area contributed by atoms with E-state index >= 15 is 0 Å². The summed E-state index contributed by atoms with van der Waals surface area (Å²) < 4.78 is 16.2. The number of ether oxygens (including phenoxy) is 3. The Bertz CT molecular complexity index is 1210. The van der Waals surface area contributed by atoms with Crippen LogP contribution in [0.1, 0.15) is 68.1 Å². The Kier molecular flexibility index (Phi) is 13.3. The van der Waals surface area contributed by atoms with E-state index in [4.69, 9.17) is 14.2 Å². The molecule has 1 fully saturated rings. The predicted molar refractivity (Wildman–Crippen MR) is 165 cm³/mol. The van der Waals surface area contributed by atoms with Gasteiger partial charge in [-0.1, -0.05) is 58.5 Å². The normalized spacial score (nSPS) is 16.1. The lowest BCUT2D eigenvalue weighted by atomic mass is 9.84. The highest BCUT2D eigenvalue weighted by atomic mass is 33.1. The van der Waals surface area contributed by atoms with Crippen molar-refractivity contribution in [2.45, 2.75) is 75.6 Å². The minimum atomic E-state index is -0.966. The maximum absolute atomic E-state index is 12.8. The van der Waals surface area contributed by atoms with Crippen molar-refractivity contribution in [3.8, 4) is 11.5 Å². The summed E-state index contributed by atoms with van der Waals surface area (Å²) in [6.07, 6.45) is 2.89. The number of aryl methyl sites for hydroxylation is 2. The molecule has 0 bridgehead atoms. The lowest BCUT2D eigenvalue weighted by Gasteiger charge is -2.25. The number of carbonyl (C=O) groups is 3. The van der Waals surface area contributed by atoms with Crippen LogP contribution in [0.15, 0.2) is 54.8 Å². The number of ketones is 2. The average molecular weight is 601 g/mol. The van der Waals surface area contributed by atoms with Crippen molar-refractivity contribution in [2.24, 2.45) is 0 Å². The van der Waals surface area contributed by atoms with Crippen molar-refractivity contribution in [3.63, 3.8) is 0 Å². The van der Waals surface area contributed by atoms with Gasteiger partial charge in [0.25, 0.3) is 0 Å². The second-order valence-electron chi connectivity index (χ2n) is 10.3. The molecule has 1 aliphatic rings. The van der Waals surface area contributed by atoms with Crippen LogP contribution >= 0.6 is 21.6 Å². The molecule has 3 unspecified atom stereocenters. The van der Waals surface area contributed by atoms with Crippen LogP contribution in [-0.4, -0.2) is 54.0 Å². The van der Waals surface area contributed by atoms with E-state index in [9.17, 15) is 19.5 Å². The maximum Gasteiger partial charge on any atom is 0.332 e. The molecule has 3 atom stereocenters. The Labute approximate surface area is 250 Å². The highest BCUT2D eigenvalue weighted by molar-refractivity contribution is 8.77. The van der Waals surface area contributed by atoms with Gasteiger partial charge >= 0.3 is 5.97 Å². The Balaban J connectivity index is 1.58. The second-order valence-corrected chi connectivity index (χ2v) is 13.1. The van der Waals surface area contributed by atoms with Crippen LogP contribution in [0, 0.1) is 0 Å². The molecule has 9 heteroatoms. The van der Waals surface area contributed by atoms with E-state index in [1.165, 1.54) is 7.11 Å². The summed E-state index contributed by atoms with van der Waals surface area (Å²) >= 11 is 0. The molecule has 0 aromatic heterocycles. The average Bonchev–Trinajstić information content (AvgIpc) is 3.46. The number of carboxylic acids is 1. The molecule has 7 nitrogen and oxygen atoms in total. The molecule has 3 rings (SSSR count). The molecule has 0 spiro atoms. The molecule has 2 aromatic rings. The Morgan fingerprint density at radius 3 is 2.41 bits per heavy atom. The molecular weight excluding hydrogens is 560 g/mol. The fraction of sp³-hybridized carbons (Fsp3) is 0.469. The maximum atomic E-state index is 12.8. The highest BCUT2D eigenvalue weighted by Gasteiger charge is 2.29. The molecule has 1 aliphatic heterocycles. The van der Waals surface area contributed by atoms with Crippen molar-refractivity contribution in [2.75, 3.05) is 20.0 Å². The number of hydrogen-bond acceptors (Lipinski definition) is 8. The number of benzene rings is 2. The van der Waals surface area contributed by atoms with Crippen molar-refractivity contribution in [1.82, 2.24) is 0 Å². The minimum absolute atomic E-state index is 0.00404. The van der Waals surface area contributed by atoms with Crippen LogP contribution in [-0.2, 0) is 32.0 Å². The minimum Gasteiger partial charge on any atom is -0.493 e. The molecule has 2 aromatic carbocycles. The number of carbonyl (C=O) groups excluding carboxylic acids is 2. The first-order valence-electron chi connectivity index (χ1n) is 13.9. The van der Waals surface area contributed by atoms with Crippen LogP contribution in [0.25, 0.3) is 0 Å². The number of carboxylic acid groups (broad SMARTS) is 1. The number of methoxy groups -OCH3 is 2. The Hall–Kier alpha value is -2.75. The van der Waals surface area contributed by atoms with Gasteiger partial charge in [0.2, 0.25) is 0 Å². The van der Waals surface area contributed by atoms with Gasteiger partial charge < -0.3 is 19.3 Å². The molecule has 0 radical (unpaired) electrons. The van der Waals surface area contributed by atoms with Crippen molar-refractivity contribution >= 4 is 39.1 Å². The molecular formula is C32H40O7S2. The number of aliphatic carboxylic acids is 1. The van der Waals surface area contributed by atoms with Gasteiger partial charge in [-0.05, 0) is 73.8 Å². The summed E-state index contributed by atoms with van der Waals surface area (Å²) in [5, 5.41) is 10.1. The standard InChI is InChI=1S/C32H40O7S2/c1-21(2)39-29-14-10-22(17-30(29)37-3)9-12-25(33)20-26(34)13-11-23-7-5-6-8-28(23)24(18-27-15-16-40-41-27)19-31(38-4)32(35)36/h5-8,10,14,17,24,27,31H,1,9,11-13,15-16,18-20H2,2-4H3,(H,35,36). The van der Waals surface area contributed by atoms with E-state index in [1.54, 1.807) is 20.1 Å². The summed E-state index contributed by atoms with van der Waals surface area (Å²) in [6.45, 7) is 5.50. The molecule has 41 heavy (non-hydrogen) atoms. The van der Waals surface area contributed by atoms with Gasteiger partial charge in [-0.2, -0.15) is 0 Å². The second kappa shape index (κ2) is 16.6. The van der Waals surface area contributed by atoms with Crippen molar-refractivity contribution in [3.05, 3.63) is 71.5 Å². The quantitative estimate of drug-likeness (QED) is 0.112. The largest absolute Gasteiger partial charge is 0.493 e. The van der Waals surface area contributed by atoms with E-state index in [0.29, 0.717) is 41.8 Å². The van der Waals surface area contributed by atoms with Crippen LogP contribution < -0.4 is 9.47 Å². The first-order chi connectivity index (χ1) is 19.7. The topological polar surface area (TPSA) is 99.1 Å². The fourth-order valence-electron chi connectivity index (χ4n) is 5.01. The van der Waals surface area contributed by atoms with Crippen LogP contribution in [0.5, 0.6) is 11.5 Å². The summed E-state index contributed by atoms with van der Waals surface area (Å²) in [6, 6.07) is 13.5. The summed E-state index contributed by atoms with van der Waals surface area (Å²) in [7, 11) is 6.72. The van der Waals surface area contributed by atoms with Crippen LogP contribution in [0.2, 0.25) is 0 Å². The first-order valence-corrected chi connectivity index (χ1v) is 16.2. The van der Waals surface area contributed by atoms with Crippen molar-refractivity contribution < 1.29 is 33.7 Å². The molecule has 0 amide bonds.